The molecular formula is C22H21ClN3O3+. The van der Waals surface area contributed by atoms with Gasteiger partial charge in [-0.25, -0.2) is 0 Å². The summed E-state index contributed by atoms with van der Waals surface area (Å²) in [4.78, 5) is 26.3. The van der Waals surface area contributed by atoms with E-state index in [0.29, 0.717) is 18.7 Å². The Labute approximate surface area is 173 Å². The maximum Gasteiger partial charge on any atom is 0.270 e. The molecule has 1 fully saturated rings. The van der Waals surface area contributed by atoms with Gasteiger partial charge >= 0.3 is 0 Å². The molecule has 0 radical (unpaired) electrons. The summed E-state index contributed by atoms with van der Waals surface area (Å²) in [7, 11) is 0. The van der Waals surface area contributed by atoms with E-state index in [0.717, 1.165) is 19.6 Å². The normalized spacial score (nSPS) is 14.9. The molecule has 148 valence electrons. The van der Waals surface area contributed by atoms with Crippen molar-refractivity contribution in [1.82, 2.24) is 4.90 Å². The van der Waals surface area contributed by atoms with Crippen molar-refractivity contribution in [2.24, 2.45) is 0 Å². The van der Waals surface area contributed by atoms with Crippen LogP contribution in [0.25, 0.3) is 10.8 Å². The molecule has 0 saturated carbocycles. The maximum absolute atomic E-state index is 12.8. The molecule has 4 rings (SSSR count). The molecule has 6 nitrogen and oxygen atoms in total. The lowest BCUT2D eigenvalue weighted by atomic mass is 10.0. The van der Waals surface area contributed by atoms with Crippen LogP contribution in [0, 0.1) is 10.1 Å². The van der Waals surface area contributed by atoms with E-state index in [4.69, 9.17) is 11.6 Å². The standard InChI is InChI=1S/C22H20ClN3O3/c23-21-14-18(26(28)29)8-9-20(21)22(27)25-12-10-24(11-13-25)15-17-6-3-5-16-4-1-2-7-19(16)17/h1-9,14H,10-13,15H2/p+1. The molecule has 1 saturated heterocycles. The maximum atomic E-state index is 12.8. The van der Waals surface area contributed by atoms with Gasteiger partial charge in [0.05, 0.1) is 41.7 Å². The molecule has 1 heterocycles. The lowest BCUT2D eigenvalue weighted by Crippen LogP contribution is -3.13. The van der Waals surface area contributed by atoms with Crippen LogP contribution in [-0.4, -0.2) is 41.9 Å². The average Bonchev–Trinajstić information content (AvgIpc) is 2.74. The highest BCUT2D eigenvalue weighted by Crippen LogP contribution is 2.24. The first-order chi connectivity index (χ1) is 14.0. The highest BCUT2D eigenvalue weighted by Gasteiger charge is 2.26. The fourth-order valence-electron chi connectivity index (χ4n) is 3.88. The van der Waals surface area contributed by atoms with Crippen molar-refractivity contribution in [3.05, 3.63) is 86.9 Å². The number of amides is 1. The second kappa shape index (κ2) is 8.19. The first-order valence-corrected chi connectivity index (χ1v) is 9.94. The van der Waals surface area contributed by atoms with Gasteiger partial charge in [0.15, 0.2) is 0 Å². The molecular weight excluding hydrogens is 390 g/mol. The number of quaternary nitrogens is 1. The predicted molar refractivity (Wildman–Crippen MR) is 112 cm³/mol. The van der Waals surface area contributed by atoms with Gasteiger partial charge in [-0.3, -0.25) is 14.9 Å². The molecule has 0 bridgehead atoms. The van der Waals surface area contributed by atoms with E-state index in [2.05, 4.69) is 36.4 Å². The molecule has 3 aromatic carbocycles. The zero-order chi connectivity index (χ0) is 20.4. The third-order valence-electron chi connectivity index (χ3n) is 5.47. The molecule has 29 heavy (non-hydrogen) atoms. The predicted octanol–water partition coefficient (Wildman–Crippen LogP) is 2.94. The van der Waals surface area contributed by atoms with Gasteiger partial charge in [-0.15, -0.1) is 0 Å². The van der Waals surface area contributed by atoms with Crippen LogP contribution >= 0.6 is 11.6 Å². The van der Waals surface area contributed by atoms with Gasteiger partial charge < -0.3 is 9.80 Å². The Morgan fingerprint density at radius 1 is 1.07 bits per heavy atom. The minimum Gasteiger partial charge on any atom is -0.328 e. The summed E-state index contributed by atoms with van der Waals surface area (Å²) < 4.78 is 0. The molecule has 0 unspecified atom stereocenters. The number of nitrogens with zero attached hydrogens (tertiary/aromatic N) is 2. The largest absolute Gasteiger partial charge is 0.328 e. The number of halogens is 1. The van der Waals surface area contributed by atoms with E-state index < -0.39 is 4.92 Å². The van der Waals surface area contributed by atoms with E-state index in [9.17, 15) is 14.9 Å². The number of nitro groups is 1. The summed E-state index contributed by atoms with van der Waals surface area (Å²) in [6.45, 7) is 3.87. The number of carbonyl (C=O) groups excluding carboxylic acids is 1. The fraction of sp³-hybridized carbons (Fsp3) is 0.227. The molecule has 0 aliphatic carbocycles. The SMILES string of the molecule is O=C(c1ccc([N+](=O)[O-])cc1Cl)N1CC[NH+](Cc2cccc3ccccc23)CC1. The van der Waals surface area contributed by atoms with Gasteiger partial charge in [-0.1, -0.05) is 54.1 Å². The molecule has 1 amide bonds. The van der Waals surface area contributed by atoms with E-state index in [-0.39, 0.29) is 16.6 Å². The zero-order valence-corrected chi connectivity index (χ0v) is 16.6. The van der Waals surface area contributed by atoms with Gasteiger partial charge in [0.1, 0.15) is 6.54 Å². The minimum atomic E-state index is -0.518. The highest BCUT2D eigenvalue weighted by atomic mass is 35.5. The summed E-state index contributed by atoms with van der Waals surface area (Å²) in [5.74, 6) is -0.172. The number of nitro benzene ring substituents is 1. The molecule has 1 N–H and O–H groups in total. The smallest absolute Gasteiger partial charge is 0.270 e. The first kappa shape index (κ1) is 19.4. The van der Waals surface area contributed by atoms with Crippen molar-refractivity contribution in [3.63, 3.8) is 0 Å². The van der Waals surface area contributed by atoms with E-state index in [1.165, 1.54) is 39.4 Å². The Morgan fingerprint density at radius 2 is 1.79 bits per heavy atom. The van der Waals surface area contributed by atoms with Crippen molar-refractivity contribution >= 4 is 34.0 Å². The summed E-state index contributed by atoms with van der Waals surface area (Å²) in [6, 6.07) is 18.8. The molecule has 0 spiro atoms. The molecule has 0 atom stereocenters. The molecule has 1 aliphatic rings. The summed E-state index contributed by atoms with van der Waals surface area (Å²) in [5, 5.41) is 13.5. The van der Waals surface area contributed by atoms with Crippen LogP contribution < -0.4 is 4.90 Å². The topological polar surface area (TPSA) is 67.9 Å². The number of carbonyl (C=O) groups is 1. The fourth-order valence-corrected chi connectivity index (χ4v) is 4.14. The Bertz CT molecular complexity index is 1070. The lowest BCUT2D eigenvalue weighted by Gasteiger charge is -2.32. The Morgan fingerprint density at radius 3 is 2.52 bits per heavy atom. The third kappa shape index (κ3) is 4.09. The number of nitrogens with one attached hydrogen (secondary N) is 1. The number of rotatable bonds is 4. The van der Waals surface area contributed by atoms with Gasteiger partial charge in [-0.05, 0) is 16.8 Å². The number of hydrogen-bond acceptors (Lipinski definition) is 3. The van der Waals surface area contributed by atoms with Crippen LogP contribution in [0.2, 0.25) is 5.02 Å². The zero-order valence-electron chi connectivity index (χ0n) is 15.8. The quantitative estimate of drug-likeness (QED) is 0.531. The highest BCUT2D eigenvalue weighted by molar-refractivity contribution is 6.34. The van der Waals surface area contributed by atoms with Gasteiger partial charge in [0, 0.05) is 17.7 Å². The van der Waals surface area contributed by atoms with Crippen molar-refractivity contribution < 1.29 is 14.6 Å². The van der Waals surface area contributed by atoms with Gasteiger partial charge in [0.2, 0.25) is 0 Å². The Balaban J connectivity index is 1.41. The van der Waals surface area contributed by atoms with Crippen LogP contribution in [-0.2, 0) is 6.54 Å². The van der Waals surface area contributed by atoms with Crippen molar-refractivity contribution in [3.8, 4) is 0 Å². The van der Waals surface area contributed by atoms with Crippen LogP contribution in [0.3, 0.4) is 0 Å². The molecule has 3 aromatic rings. The second-order valence-corrected chi connectivity index (χ2v) is 7.69. The molecule has 1 aliphatic heterocycles. The van der Waals surface area contributed by atoms with Crippen LogP contribution in [0.5, 0.6) is 0 Å². The van der Waals surface area contributed by atoms with Gasteiger partial charge in [0.25, 0.3) is 11.6 Å². The van der Waals surface area contributed by atoms with Crippen molar-refractivity contribution in [2.75, 3.05) is 26.2 Å². The number of non-ortho nitro benzene ring substituents is 1. The van der Waals surface area contributed by atoms with Crippen molar-refractivity contribution in [2.45, 2.75) is 6.54 Å². The molecule has 7 heteroatoms. The van der Waals surface area contributed by atoms with E-state index >= 15 is 0 Å². The summed E-state index contributed by atoms with van der Waals surface area (Å²) >= 11 is 6.12. The second-order valence-electron chi connectivity index (χ2n) is 7.28. The number of benzene rings is 3. The van der Waals surface area contributed by atoms with Crippen molar-refractivity contribution in [1.29, 1.82) is 0 Å². The molecule has 0 aromatic heterocycles. The monoisotopic (exact) mass is 410 g/mol. The number of hydrogen-bond donors (Lipinski definition) is 1. The Hall–Kier alpha value is -2.96. The van der Waals surface area contributed by atoms with Crippen LogP contribution in [0.1, 0.15) is 15.9 Å². The first-order valence-electron chi connectivity index (χ1n) is 9.56. The number of fused-ring (bicyclic) bond motifs is 1. The average molecular weight is 411 g/mol. The van der Waals surface area contributed by atoms with Gasteiger partial charge in [-0.2, -0.15) is 0 Å². The third-order valence-corrected chi connectivity index (χ3v) is 5.78. The van der Waals surface area contributed by atoms with Crippen LogP contribution in [0.4, 0.5) is 5.69 Å². The minimum absolute atomic E-state index is 0.115. The van der Waals surface area contributed by atoms with Crippen LogP contribution in [0.15, 0.2) is 60.7 Å². The lowest BCUT2D eigenvalue weighted by molar-refractivity contribution is -0.917. The van der Waals surface area contributed by atoms with E-state index in [1.54, 1.807) is 4.90 Å². The van der Waals surface area contributed by atoms with E-state index in [1.807, 2.05) is 6.07 Å². The summed E-state index contributed by atoms with van der Waals surface area (Å²) in [5.41, 5.74) is 1.52. The summed E-state index contributed by atoms with van der Waals surface area (Å²) in [6.07, 6.45) is 0. The Kier molecular flexibility index (Phi) is 5.47. The number of piperazine rings is 1.